The number of carboxylic acid groups (broad SMARTS) is 1. The molecule has 0 fully saturated rings. The summed E-state index contributed by atoms with van der Waals surface area (Å²) in [5.41, 5.74) is 0.495. The van der Waals surface area contributed by atoms with Crippen molar-refractivity contribution < 1.29 is 19.4 Å². The summed E-state index contributed by atoms with van der Waals surface area (Å²) in [6, 6.07) is 7.89. The van der Waals surface area contributed by atoms with Crippen LogP contribution in [0.2, 0.25) is 0 Å². The largest absolute Gasteiger partial charge is 0.507 e. The first-order chi connectivity index (χ1) is 7.58. The van der Waals surface area contributed by atoms with Crippen LogP contribution in [-0.4, -0.2) is 16.2 Å². The lowest BCUT2D eigenvalue weighted by Crippen LogP contribution is -1.96. The van der Waals surface area contributed by atoms with Crippen molar-refractivity contribution in [2.75, 3.05) is 0 Å². The normalized spacial score (nSPS) is 10.3. The molecular weight excluding hydrogens is 208 g/mol. The van der Waals surface area contributed by atoms with Gasteiger partial charge in [0, 0.05) is 5.56 Å². The Labute approximate surface area is 91.8 Å². The minimum Gasteiger partial charge on any atom is -0.507 e. The number of rotatable bonds is 2. The molecular formula is C12H10O4. The van der Waals surface area contributed by atoms with E-state index in [-0.39, 0.29) is 11.3 Å². The predicted molar refractivity (Wildman–Crippen MR) is 57.5 cm³/mol. The van der Waals surface area contributed by atoms with Crippen LogP contribution in [0, 0.1) is 6.92 Å². The topological polar surface area (TPSA) is 70.7 Å². The van der Waals surface area contributed by atoms with Gasteiger partial charge in [0.15, 0.2) is 0 Å². The van der Waals surface area contributed by atoms with Crippen molar-refractivity contribution in [1.82, 2.24) is 0 Å². The van der Waals surface area contributed by atoms with Gasteiger partial charge in [0.1, 0.15) is 22.8 Å². The molecule has 0 spiro atoms. The first kappa shape index (κ1) is 10.3. The summed E-state index contributed by atoms with van der Waals surface area (Å²) in [5, 5.41) is 18.2. The van der Waals surface area contributed by atoms with Crippen molar-refractivity contribution in [1.29, 1.82) is 0 Å². The number of carboxylic acids is 1. The Morgan fingerprint density at radius 1 is 1.25 bits per heavy atom. The van der Waals surface area contributed by atoms with E-state index in [1.54, 1.807) is 18.2 Å². The molecule has 1 aromatic carbocycles. The fourth-order valence-corrected chi connectivity index (χ4v) is 1.45. The molecule has 4 heteroatoms. The number of phenols is 1. The summed E-state index contributed by atoms with van der Waals surface area (Å²) < 4.78 is 5.37. The molecule has 2 rings (SSSR count). The molecule has 16 heavy (non-hydrogen) atoms. The zero-order valence-electron chi connectivity index (χ0n) is 8.60. The number of aromatic hydroxyl groups is 1. The lowest BCUT2D eigenvalue weighted by molar-refractivity contribution is 0.0694. The van der Waals surface area contributed by atoms with Crippen molar-refractivity contribution in [3.05, 3.63) is 41.7 Å². The summed E-state index contributed by atoms with van der Waals surface area (Å²) in [6.07, 6.45) is 0. The Kier molecular flexibility index (Phi) is 2.40. The number of benzene rings is 1. The van der Waals surface area contributed by atoms with E-state index in [9.17, 15) is 9.90 Å². The van der Waals surface area contributed by atoms with E-state index in [4.69, 9.17) is 9.52 Å². The van der Waals surface area contributed by atoms with Gasteiger partial charge in [0.2, 0.25) is 0 Å². The van der Waals surface area contributed by atoms with Crippen LogP contribution < -0.4 is 0 Å². The molecule has 0 aliphatic heterocycles. The fraction of sp³-hybridized carbons (Fsp3) is 0.0833. The summed E-state index contributed by atoms with van der Waals surface area (Å²) in [5.74, 6) is -0.0814. The third-order valence-corrected chi connectivity index (χ3v) is 2.25. The summed E-state index contributed by atoms with van der Waals surface area (Å²) in [7, 11) is 0. The van der Waals surface area contributed by atoms with Crippen molar-refractivity contribution in [3.8, 4) is 17.1 Å². The highest BCUT2D eigenvalue weighted by Gasteiger charge is 2.12. The standard InChI is InChI=1S/C12H10O4/c1-7-2-5-11(16-7)8-3-4-10(13)9(6-8)12(14)15/h2-6,13H,1H3,(H,14,15). The number of hydrogen-bond donors (Lipinski definition) is 2. The highest BCUT2D eigenvalue weighted by atomic mass is 16.4. The molecule has 2 aromatic rings. The number of aryl methyl sites for hydroxylation is 1. The van der Waals surface area contributed by atoms with Gasteiger partial charge in [-0.25, -0.2) is 4.79 Å². The molecule has 0 unspecified atom stereocenters. The molecule has 82 valence electrons. The Bertz CT molecular complexity index is 540. The molecule has 4 nitrogen and oxygen atoms in total. The van der Waals surface area contributed by atoms with E-state index in [1.165, 1.54) is 12.1 Å². The van der Waals surface area contributed by atoms with Crippen molar-refractivity contribution in [2.24, 2.45) is 0 Å². The molecule has 0 saturated carbocycles. The highest BCUT2D eigenvalue weighted by molar-refractivity contribution is 5.92. The monoisotopic (exact) mass is 218 g/mol. The van der Waals surface area contributed by atoms with Gasteiger partial charge in [0.05, 0.1) is 0 Å². The fourth-order valence-electron chi connectivity index (χ4n) is 1.45. The number of carbonyl (C=O) groups is 1. The molecule has 0 amide bonds. The van der Waals surface area contributed by atoms with E-state index in [2.05, 4.69) is 0 Å². The summed E-state index contributed by atoms with van der Waals surface area (Å²) in [6.45, 7) is 1.81. The zero-order valence-corrected chi connectivity index (χ0v) is 8.60. The third kappa shape index (κ3) is 1.77. The number of aromatic carboxylic acids is 1. The van der Waals surface area contributed by atoms with Gasteiger partial charge in [-0.3, -0.25) is 0 Å². The van der Waals surface area contributed by atoms with Crippen LogP contribution in [0.4, 0.5) is 0 Å². The van der Waals surface area contributed by atoms with Crippen molar-refractivity contribution >= 4 is 5.97 Å². The summed E-state index contributed by atoms with van der Waals surface area (Å²) >= 11 is 0. The molecule has 1 aromatic heterocycles. The van der Waals surface area contributed by atoms with Gasteiger partial charge in [-0.15, -0.1) is 0 Å². The van der Waals surface area contributed by atoms with Gasteiger partial charge in [-0.05, 0) is 37.3 Å². The van der Waals surface area contributed by atoms with Crippen LogP contribution in [0.5, 0.6) is 5.75 Å². The molecule has 0 bridgehead atoms. The predicted octanol–water partition coefficient (Wildman–Crippen LogP) is 2.66. The SMILES string of the molecule is Cc1ccc(-c2ccc(O)c(C(=O)O)c2)o1. The van der Waals surface area contributed by atoms with E-state index in [0.29, 0.717) is 11.3 Å². The molecule has 0 radical (unpaired) electrons. The van der Waals surface area contributed by atoms with Crippen LogP contribution in [0.1, 0.15) is 16.1 Å². The number of furan rings is 1. The average molecular weight is 218 g/mol. The maximum absolute atomic E-state index is 10.8. The first-order valence-electron chi connectivity index (χ1n) is 4.71. The van der Waals surface area contributed by atoms with E-state index in [0.717, 1.165) is 5.76 Å². The van der Waals surface area contributed by atoms with Gasteiger partial charge in [-0.1, -0.05) is 0 Å². The Morgan fingerprint density at radius 2 is 2.00 bits per heavy atom. The molecule has 0 saturated heterocycles. The third-order valence-electron chi connectivity index (χ3n) is 2.25. The average Bonchev–Trinajstić information content (AvgIpc) is 2.65. The molecule has 0 aliphatic carbocycles. The van der Waals surface area contributed by atoms with Crippen molar-refractivity contribution in [2.45, 2.75) is 6.92 Å². The smallest absolute Gasteiger partial charge is 0.339 e. The maximum atomic E-state index is 10.8. The van der Waals surface area contributed by atoms with E-state index >= 15 is 0 Å². The van der Waals surface area contributed by atoms with Gasteiger partial charge in [-0.2, -0.15) is 0 Å². The van der Waals surface area contributed by atoms with Crippen LogP contribution in [-0.2, 0) is 0 Å². The molecule has 2 N–H and O–H groups in total. The second kappa shape index (κ2) is 3.73. The zero-order chi connectivity index (χ0) is 11.7. The lowest BCUT2D eigenvalue weighted by Gasteiger charge is -2.02. The van der Waals surface area contributed by atoms with Gasteiger partial charge >= 0.3 is 5.97 Å². The van der Waals surface area contributed by atoms with Gasteiger partial charge < -0.3 is 14.6 Å². The first-order valence-corrected chi connectivity index (χ1v) is 4.71. The van der Waals surface area contributed by atoms with Crippen molar-refractivity contribution in [3.63, 3.8) is 0 Å². The second-order valence-corrected chi connectivity index (χ2v) is 3.45. The van der Waals surface area contributed by atoms with E-state index < -0.39 is 5.97 Å². The molecule has 1 heterocycles. The summed E-state index contributed by atoms with van der Waals surface area (Å²) in [4.78, 5) is 10.8. The van der Waals surface area contributed by atoms with Gasteiger partial charge in [0.25, 0.3) is 0 Å². The minimum absolute atomic E-state index is 0.133. The van der Waals surface area contributed by atoms with Crippen LogP contribution >= 0.6 is 0 Å². The van der Waals surface area contributed by atoms with Crippen LogP contribution in [0.3, 0.4) is 0 Å². The highest BCUT2D eigenvalue weighted by Crippen LogP contribution is 2.27. The molecule has 0 atom stereocenters. The quantitative estimate of drug-likeness (QED) is 0.812. The number of hydrogen-bond acceptors (Lipinski definition) is 3. The lowest BCUT2D eigenvalue weighted by atomic mass is 10.1. The Morgan fingerprint density at radius 3 is 2.56 bits per heavy atom. The Hall–Kier alpha value is -2.23. The minimum atomic E-state index is -1.16. The Balaban J connectivity index is 2.51. The molecule has 0 aliphatic rings. The van der Waals surface area contributed by atoms with Crippen LogP contribution in [0.15, 0.2) is 34.7 Å². The van der Waals surface area contributed by atoms with Crippen LogP contribution in [0.25, 0.3) is 11.3 Å². The second-order valence-electron chi connectivity index (χ2n) is 3.45. The van der Waals surface area contributed by atoms with E-state index in [1.807, 2.05) is 6.92 Å². The maximum Gasteiger partial charge on any atom is 0.339 e.